The summed E-state index contributed by atoms with van der Waals surface area (Å²) in [5.41, 5.74) is 0.269. The van der Waals surface area contributed by atoms with Crippen molar-refractivity contribution in [2.24, 2.45) is 0 Å². The number of ether oxygens (including phenoxy) is 4. The first-order chi connectivity index (χ1) is 11.0. The molecular formula is C15H13F2NO5. The van der Waals surface area contributed by atoms with E-state index in [2.05, 4.69) is 9.72 Å². The van der Waals surface area contributed by atoms with E-state index in [0.29, 0.717) is 0 Å². The molecule has 8 heteroatoms. The van der Waals surface area contributed by atoms with Crippen molar-refractivity contribution in [1.29, 1.82) is 0 Å². The van der Waals surface area contributed by atoms with Crippen molar-refractivity contribution >= 4 is 5.97 Å². The highest BCUT2D eigenvalue weighted by molar-refractivity contribution is 5.89. The number of hydrogen-bond donors (Lipinski definition) is 0. The minimum Gasteiger partial charge on any atom is -0.479 e. The minimum absolute atomic E-state index is 0.103. The SMILES string of the molecule is COC(=O)c1ccc(Oc2c(F)c(OC)nc(OC)c2F)cc1. The largest absolute Gasteiger partial charge is 0.479 e. The lowest BCUT2D eigenvalue weighted by molar-refractivity contribution is 0.0600. The van der Waals surface area contributed by atoms with Gasteiger partial charge in [0.15, 0.2) is 0 Å². The summed E-state index contributed by atoms with van der Waals surface area (Å²) in [4.78, 5) is 14.9. The third-order valence-corrected chi connectivity index (χ3v) is 2.86. The summed E-state index contributed by atoms with van der Waals surface area (Å²) < 4.78 is 47.4. The van der Waals surface area contributed by atoms with E-state index in [1.807, 2.05) is 0 Å². The highest BCUT2D eigenvalue weighted by Gasteiger charge is 2.24. The predicted molar refractivity (Wildman–Crippen MR) is 75.1 cm³/mol. The van der Waals surface area contributed by atoms with Crippen LogP contribution in [0.1, 0.15) is 10.4 Å². The van der Waals surface area contributed by atoms with Gasteiger partial charge in [0.05, 0.1) is 26.9 Å². The zero-order valence-electron chi connectivity index (χ0n) is 12.6. The molecule has 0 bridgehead atoms. The number of carbonyl (C=O) groups is 1. The first-order valence-electron chi connectivity index (χ1n) is 6.35. The standard InChI is InChI=1S/C15H13F2NO5/c1-20-13-10(16)12(11(17)14(18-13)21-2)23-9-6-4-8(5-7-9)15(19)22-3/h4-7H,1-3H3. The molecule has 0 fully saturated rings. The monoisotopic (exact) mass is 325 g/mol. The minimum atomic E-state index is -1.11. The van der Waals surface area contributed by atoms with Gasteiger partial charge in [0.25, 0.3) is 11.8 Å². The fraction of sp³-hybridized carbons (Fsp3) is 0.200. The molecule has 1 aromatic heterocycles. The normalized spacial score (nSPS) is 10.1. The van der Waals surface area contributed by atoms with Gasteiger partial charge in [-0.05, 0) is 24.3 Å². The first kappa shape index (κ1) is 16.5. The molecule has 0 radical (unpaired) electrons. The summed E-state index contributed by atoms with van der Waals surface area (Å²) in [6, 6.07) is 5.52. The van der Waals surface area contributed by atoms with Crippen LogP contribution >= 0.6 is 0 Å². The van der Waals surface area contributed by atoms with Crippen LogP contribution in [0.4, 0.5) is 8.78 Å². The van der Waals surface area contributed by atoms with Gasteiger partial charge in [-0.25, -0.2) is 4.79 Å². The van der Waals surface area contributed by atoms with Gasteiger partial charge in [0.1, 0.15) is 5.75 Å². The summed E-state index contributed by atoms with van der Waals surface area (Å²) in [5, 5.41) is 0. The zero-order chi connectivity index (χ0) is 17.0. The average Bonchev–Trinajstić information content (AvgIpc) is 2.58. The Bertz CT molecular complexity index is 691. The number of rotatable bonds is 5. The van der Waals surface area contributed by atoms with Crippen LogP contribution in [-0.2, 0) is 4.74 Å². The molecule has 0 aliphatic heterocycles. The van der Waals surface area contributed by atoms with Gasteiger partial charge in [-0.3, -0.25) is 0 Å². The topological polar surface area (TPSA) is 66.9 Å². The van der Waals surface area contributed by atoms with E-state index >= 15 is 0 Å². The molecule has 0 aliphatic rings. The highest BCUT2D eigenvalue weighted by atomic mass is 19.1. The van der Waals surface area contributed by atoms with E-state index in [1.54, 1.807) is 0 Å². The maximum Gasteiger partial charge on any atom is 0.337 e. The second kappa shape index (κ2) is 6.91. The lowest BCUT2D eigenvalue weighted by Gasteiger charge is -2.12. The van der Waals surface area contributed by atoms with E-state index in [0.717, 1.165) is 0 Å². The Labute approximate surface area is 130 Å². The van der Waals surface area contributed by atoms with Gasteiger partial charge in [-0.2, -0.15) is 13.8 Å². The number of methoxy groups -OCH3 is 3. The fourth-order valence-corrected chi connectivity index (χ4v) is 1.74. The predicted octanol–water partition coefficient (Wildman–Crippen LogP) is 2.96. The van der Waals surface area contributed by atoms with Crippen molar-refractivity contribution in [3.8, 4) is 23.3 Å². The number of halogens is 2. The molecule has 122 valence electrons. The summed E-state index contributed by atoms with van der Waals surface area (Å²) in [6.45, 7) is 0. The van der Waals surface area contributed by atoms with Crippen molar-refractivity contribution in [1.82, 2.24) is 4.98 Å². The molecule has 0 N–H and O–H groups in total. The lowest BCUT2D eigenvalue weighted by atomic mass is 10.2. The van der Waals surface area contributed by atoms with Crippen LogP contribution in [0.3, 0.4) is 0 Å². The highest BCUT2D eigenvalue weighted by Crippen LogP contribution is 2.36. The van der Waals surface area contributed by atoms with E-state index in [4.69, 9.17) is 14.2 Å². The Hall–Kier alpha value is -2.90. The first-order valence-corrected chi connectivity index (χ1v) is 6.35. The van der Waals surface area contributed by atoms with E-state index in [1.165, 1.54) is 45.6 Å². The molecule has 0 aliphatic carbocycles. The molecule has 0 saturated carbocycles. The molecule has 0 amide bonds. The third-order valence-electron chi connectivity index (χ3n) is 2.86. The molecule has 6 nitrogen and oxygen atoms in total. The fourth-order valence-electron chi connectivity index (χ4n) is 1.74. The van der Waals surface area contributed by atoms with Crippen molar-refractivity contribution in [3.05, 3.63) is 41.5 Å². The van der Waals surface area contributed by atoms with Crippen LogP contribution in [0, 0.1) is 11.6 Å². The number of esters is 1. The Morgan fingerprint density at radius 1 is 0.957 bits per heavy atom. The van der Waals surface area contributed by atoms with Crippen molar-refractivity contribution in [2.45, 2.75) is 0 Å². The molecule has 1 aromatic carbocycles. The summed E-state index contributed by atoms with van der Waals surface area (Å²) in [5.74, 6) is -4.31. The molecule has 2 aromatic rings. The van der Waals surface area contributed by atoms with Crippen LogP contribution in [0.2, 0.25) is 0 Å². The number of hydrogen-bond acceptors (Lipinski definition) is 6. The number of nitrogens with zero attached hydrogens (tertiary/aromatic N) is 1. The van der Waals surface area contributed by atoms with Crippen molar-refractivity contribution in [2.75, 3.05) is 21.3 Å². The molecular weight excluding hydrogens is 312 g/mol. The lowest BCUT2D eigenvalue weighted by Crippen LogP contribution is -2.03. The average molecular weight is 325 g/mol. The second-order valence-electron chi connectivity index (χ2n) is 4.21. The molecule has 0 spiro atoms. The Morgan fingerprint density at radius 3 is 1.91 bits per heavy atom. The number of benzene rings is 1. The molecule has 0 atom stereocenters. The van der Waals surface area contributed by atoms with Crippen LogP contribution in [-0.4, -0.2) is 32.3 Å². The van der Waals surface area contributed by atoms with Crippen LogP contribution < -0.4 is 14.2 Å². The van der Waals surface area contributed by atoms with Gasteiger partial charge in [0, 0.05) is 0 Å². The molecule has 0 unspecified atom stereocenters. The molecule has 0 saturated heterocycles. The van der Waals surface area contributed by atoms with Gasteiger partial charge in [0.2, 0.25) is 17.4 Å². The number of carbonyl (C=O) groups excluding carboxylic acids is 1. The number of pyridine rings is 1. The van der Waals surface area contributed by atoms with Crippen molar-refractivity contribution in [3.63, 3.8) is 0 Å². The number of aromatic nitrogens is 1. The summed E-state index contributed by atoms with van der Waals surface area (Å²) >= 11 is 0. The van der Waals surface area contributed by atoms with Gasteiger partial charge in [-0.15, -0.1) is 0 Å². The summed E-state index contributed by atoms with van der Waals surface area (Å²) in [7, 11) is 3.60. The maximum atomic E-state index is 14.1. The van der Waals surface area contributed by atoms with Gasteiger partial charge >= 0.3 is 5.97 Å². The van der Waals surface area contributed by atoms with Gasteiger partial charge < -0.3 is 18.9 Å². The van der Waals surface area contributed by atoms with Crippen LogP contribution in [0.25, 0.3) is 0 Å². The van der Waals surface area contributed by atoms with Crippen LogP contribution in [0.5, 0.6) is 23.3 Å². The van der Waals surface area contributed by atoms with Gasteiger partial charge in [-0.1, -0.05) is 0 Å². The van der Waals surface area contributed by atoms with Crippen LogP contribution in [0.15, 0.2) is 24.3 Å². The van der Waals surface area contributed by atoms with E-state index < -0.39 is 35.1 Å². The Morgan fingerprint density at radius 2 is 1.48 bits per heavy atom. The van der Waals surface area contributed by atoms with E-state index in [9.17, 15) is 13.6 Å². The molecule has 2 rings (SSSR count). The zero-order valence-corrected chi connectivity index (χ0v) is 12.6. The smallest absolute Gasteiger partial charge is 0.337 e. The van der Waals surface area contributed by atoms with E-state index in [-0.39, 0.29) is 11.3 Å². The van der Waals surface area contributed by atoms with Crippen molar-refractivity contribution < 1.29 is 32.5 Å². The third kappa shape index (κ3) is 3.31. The quantitative estimate of drug-likeness (QED) is 0.788. The molecule has 23 heavy (non-hydrogen) atoms. The maximum absolute atomic E-state index is 14.1. The summed E-state index contributed by atoms with van der Waals surface area (Å²) in [6.07, 6.45) is 0. The second-order valence-corrected chi connectivity index (χ2v) is 4.21. The Kier molecular flexibility index (Phi) is 4.95. The Balaban J connectivity index is 2.37. The molecule has 1 heterocycles.